The molecule has 0 aromatic heterocycles. The first-order chi connectivity index (χ1) is 4.48. The first-order valence-corrected chi connectivity index (χ1v) is 2.79. The lowest BCUT2D eigenvalue weighted by atomic mass is 10.2. The molecule has 0 heterocycles. The highest BCUT2D eigenvalue weighted by molar-refractivity contribution is 5.97. The summed E-state index contributed by atoms with van der Waals surface area (Å²) in [5.41, 5.74) is -0.693. The van der Waals surface area contributed by atoms with E-state index in [1.807, 2.05) is 0 Å². The molecule has 10 heavy (non-hydrogen) atoms. The Morgan fingerprint density at radius 2 is 2.10 bits per heavy atom. The van der Waals surface area contributed by atoms with E-state index in [4.69, 9.17) is 5.41 Å². The molecule has 0 saturated carbocycles. The van der Waals surface area contributed by atoms with Gasteiger partial charge < -0.3 is 5.32 Å². The van der Waals surface area contributed by atoms with Crippen LogP contribution in [0.4, 0.5) is 8.78 Å². The van der Waals surface area contributed by atoms with E-state index in [2.05, 4.69) is 5.32 Å². The predicted molar refractivity (Wildman–Crippen MR) is 36.5 cm³/mol. The van der Waals surface area contributed by atoms with Gasteiger partial charge in [-0.3, -0.25) is 5.41 Å². The van der Waals surface area contributed by atoms with Crippen LogP contribution in [0.25, 0.3) is 0 Å². The van der Waals surface area contributed by atoms with Crippen LogP contribution in [0, 0.1) is 5.41 Å². The number of rotatable bonds is 3. The molecule has 0 spiro atoms. The van der Waals surface area contributed by atoms with Crippen molar-refractivity contribution in [2.75, 3.05) is 7.05 Å². The number of alkyl halides is 2. The molecule has 0 atom stereocenters. The quantitative estimate of drug-likeness (QED) is 0.583. The van der Waals surface area contributed by atoms with Crippen LogP contribution in [0.1, 0.15) is 6.92 Å². The van der Waals surface area contributed by atoms with Gasteiger partial charge in [0.15, 0.2) is 0 Å². The van der Waals surface area contributed by atoms with E-state index in [-0.39, 0.29) is 0 Å². The van der Waals surface area contributed by atoms with Crippen LogP contribution in [0.2, 0.25) is 0 Å². The van der Waals surface area contributed by atoms with Gasteiger partial charge in [-0.2, -0.15) is 8.78 Å². The maximum Gasteiger partial charge on any atom is 0.286 e. The zero-order valence-electron chi connectivity index (χ0n) is 5.91. The summed E-state index contributed by atoms with van der Waals surface area (Å²) in [7, 11) is 1.58. The van der Waals surface area contributed by atoms with Gasteiger partial charge in [0.1, 0.15) is 5.71 Å². The minimum Gasteiger partial charge on any atom is -0.394 e. The summed E-state index contributed by atoms with van der Waals surface area (Å²) in [6.07, 6.45) is 2.32. The van der Waals surface area contributed by atoms with E-state index in [1.165, 1.54) is 6.20 Å². The fourth-order valence-corrected chi connectivity index (χ4v) is 0.313. The van der Waals surface area contributed by atoms with Crippen molar-refractivity contribution in [1.29, 1.82) is 5.41 Å². The monoisotopic (exact) mass is 148 g/mol. The van der Waals surface area contributed by atoms with Gasteiger partial charge in [0.25, 0.3) is 5.92 Å². The molecule has 0 fully saturated rings. The summed E-state index contributed by atoms with van der Waals surface area (Å²) >= 11 is 0. The number of nitrogens with one attached hydrogen (secondary N) is 2. The Balaban J connectivity index is 3.98. The second-order valence-corrected chi connectivity index (χ2v) is 1.92. The van der Waals surface area contributed by atoms with E-state index < -0.39 is 11.6 Å². The van der Waals surface area contributed by atoms with E-state index in [9.17, 15) is 8.78 Å². The lowest BCUT2D eigenvalue weighted by Gasteiger charge is -2.06. The Morgan fingerprint density at radius 3 is 2.40 bits per heavy atom. The van der Waals surface area contributed by atoms with Crippen LogP contribution in [0.5, 0.6) is 0 Å². The van der Waals surface area contributed by atoms with Gasteiger partial charge in [-0.25, -0.2) is 0 Å². The molecule has 0 aliphatic rings. The zero-order chi connectivity index (χ0) is 8.20. The van der Waals surface area contributed by atoms with Crippen LogP contribution >= 0.6 is 0 Å². The third kappa shape index (κ3) is 3.17. The highest BCUT2D eigenvalue weighted by Gasteiger charge is 2.25. The van der Waals surface area contributed by atoms with Crippen molar-refractivity contribution in [3.8, 4) is 0 Å². The lowest BCUT2D eigenvalue weighted by Crippen LogP contribution is -2.21. The van der Waals surface area contributed by atoms with Crippen molar-refractivity contribution in [2.45, 2.75) is 12.8 Å². The molecule has 0 bridgehead atoms. The van der Waals surface area contributed by atoms with Crippen molar-refractivity contribution in [2.24, 2.45) is 0 Å². The third-order valence-corrected chi connectivity index (χ3v) is 0.890. The predicted octanol–water partition coefficient (Wildman–Crippen LogP) is 1.39. The van der Waals surface area contributed by atoms with Crippen molar-refractivity contribution in [3.63, 3.8) is 0 Å². The second-order valence-electron chi connectivity index (χ2n) is 1.92. The summed E-state index contributed by atoms with van der Waals surface area (Å²) in [6, 6.07) is 0. The Labute approximate surface area is 58.4 Å². The SMILES string of the molecule is CN/C=C\C(=N)C(C)(F)F. The molecule has 4 heteroatoms. The summed E-state index contributed by atoms with van der Waals surface area (Å²) in [5, 5.41) is 9.28. The van der Waals surface area contributed by atoms with Gasteiger partial charge in [-0.1, -0.05) is 0 Å². The van der Waals surface area contributed by atoms with Crippen LogP contribution < -0.4 is 5.32 Å². The molecule has 2 nitrogen and oxygen atoms in total. The van der Waals surface area contributed by atoms with Crippen molar-refractivity contribution < 1.29 is 8.78 Å². The molecule has 2 N–H and O–H groups in total. The maximum atomic E-state index is 12.1. The molecule has 0 aliphatic heterocycles. The molecule has 0 unspecified atom stereocenters. The van der Waals surface area contributed by atoms with E-state index in [1.54, 1.807) is 7.05 Å². The van der Waals surface area contributed by atoms with Gasteiger partial charge in [0.05, 0.1) is 0 Å². The van der Waals surface area contributed by atoms with Crippen LogP contribution in [-0.2, 0) is 0 Å². The van der Waals surface area contributed by atoms with Gasteiger partial charge in [0.2, 0.25) is 0 Å². The van der Waals surface area contributed by atoms with Crippen LogP contribution in [-0.4, -0.2) is 18.7 Å². The topological polar surface area (TPSA) is 35.9 Å². The van der Waals surface area contributed by atoms with Crippen molar-refractivity contribution >= 4 is 5.71 Å². The molecule has 0 aromatic carbocycles. The summed E-state index contributed by atoms with van der Waals surface area (Å²) in [4.78, 5) is 0. The largest absolute Gasteiger partial charge is 0.394 e. The van der Waals surface area contributed by atoms with Gasteiger partial charge in [0, 0.05) is 14.0 Å². The average Bonchev–Trinajstić information content (AvgIpc) is 1.80. The fourth-order valence-electron chi connectivity index (χ4n) is 0.313. The van der Waals surface area contributed by atoms with E-state index >= 15 is 0 Å². The Morgan fingerprint density at radius 1 is 1.60 bits per heavy atom. The first-order valence-electron chi connectivity index (χ1n) is 2.79. The standard InChI is InChI=1S/C6H10F2N2/c1-6(7,8)5(9)3-4-10-2/h3-4,9-10H,1-2H3/b4-3-,9-5?. The zero-order valence-corrected chi connectivity index (χ0v) is 5.91. The molecule has 0 amide bonds. The summed E-state index contributed by atoms with van der Waals surface area (Å²) in [6.45, 7) is 0.690. The normalized spacial score (nSPS) is 12.0. The van der Waals surface area contributed by atoms with Crippen LogP contribution in [0.15, 0.2) is 12.3 Å². The number of hydrogen-bond donors (Lipinski definition) is 2. The number of hydrogen-bond acceptors (Lipinski definition) is 2. The van der Waals surface area contributed by atoms with Crippen LogP contribution in [0.3, 0.4) is 0 Å². The Bertz CT molecular complexity index is 146. The maximum absolute atomic E-state index is 12.1. The molecule has 58 valence electrons. The average molecular weight is 148 g/mol. The molecule has 0 radical (unpaired) electrons. The fraction of sp³-hybridized carbons (Fsp3) is 0.500. The molecule has 0 saturated heterocycles. The lowest BCUT2D eigenvalue weighted by molar-refractivity contribution is 0.101. The minimum absolute atomic E-state index is 0.690. The molecule has 0 aliphatic carbocycles. The molecule has 0 aromatic rings. The minimum atomic E-state index is -3.03. The Kier molecular flexibility index (Phi) is 2.99. The molecular weight excluding hydrogens is 138 g/mol. The molecular formula is C6H10F2N2. The van der Waals surface area contributed by atoms with E-state index in [0.717, 1.165) is 6.08 Å². The third-order valence-electron chi connectivity index (χ3n) is 0.890. The first kappa shape index (κ1) is 9.07. The molecule has 0 rings (SSSR count). The Hall–Kier alpha value is -0.930. The summed E-state index contributed by atoms with van der Waals surface area (Å²) in [5.74, 6) is -3.03. The number of allylic oxidation sites excluding steroid dienone is 1. The highest BCUT2D eigenvalue weighted by atomic mass is 19.3. The van der Waals surface area contributed by atoms with E-state index in [0.29, 0.717) is 6.92 Å². The number of halogens is 2. The van der Waals surface area contributed by atoms with Crippen molar-refractivity contribution in [3.05, 3.63) is 12.3 Å². The van der Waals surface area contributed by atoms with Gasteiger partial charge in [-0.15, -0.1) is 0 Å². The second kappa shape index (κ2) is 3.29. The smallest absolute Gasteiger partial charge is 0.286 e. The summed E-state index contributed by atoms with van der Waals surface area (Å²) < 4.78 is 24.3. The highest BCUT2D eigenvalue weighted by Crippen LogP contribution is 2.13. The van der Waals surface area contributed by atoms with Crippen molar-refractivity contribution in [1.82, 2.24) is 5.32 Å². The van der Waals surface area contributed by atoms with Gasteiger partial charge in [-0.05, 0) is 12.3 Å². The van der Waals surface area contributed by atoms with Gasteiger partial charge >= 0.3 is 0 Å².